The number of urea groups is 1. The van der Waals surface area contributed by atoms with E-state index in [9.17, 15) is 14.7 Å². The van der Waals surface area contributed by atoms with Gasteiger partial charge in [0, 0.05) is 13.1 Å². The molecule has 0 saturated heterocycles. The van der Waals surface area contributed by atoms with Gasteiger partial charge >= 0.3 is 12.0 Å². The number of rotatable bonds is 8. The van der Waals surface area contributed by atoms with Crippen LogP contribution in [0, 0.1) is 5.92 Å². The van der Waals surface area contributed by atoms with E-state index in [1.807, 2.05) is 13.8 Å². The highest BCUT2D eigenvalue weighted by molar-refractivity contribution is 5.83. The van der Waals surface area contributed by atoms with E-state index in [1.54, 1.807) is 30.3 Å². The fraction of sp³-hybridized carbons (Fsp3) is 0.500. The molecular formula is C16H24N2O4. The first-order chi connectivity index (χ1) is 10.5. The monoisotopic (exact) mass is 308 g/mol. The quantitative estimate of drug-likeness (QED) is 0.684. The van der Waals surface area contributed by atoms with Crippen molar-refractivity contribution < 1.29 is 19.8 Å². The largest absolute Gasteiger partial charge is 0.479 e. The molecule has 0 aromatic heterocycles. The van der Waals surface area contributed by atoms with Crippen LogP contribution in [-0.4, -0.2) is 46.8 Å². The normalized spacial score (nSPS) is 12.0. The van der Waals surface area contributed by atoms with Crippen LogP contribution in [0.1, 0.15) is 31.9 Å². The predicted octanol–water partition coefficient (Wildman–Crippen LogP) is 1.86. The molecule has 1 atom stereocenters. The molecule has 6 heteroatoms. The van der Waals surface area contributed by atoms with E-state index < -0.39 is 18.0 Å². The summed E-state index contributed by atoms with van der Waals surface area (Å²) >= 11 is 0. The molecule has 0 radical (unpaired) electrons. The minimum Gasteiger partial charge on any atom is -0.479 e. The number of nitrogens with one attached hydrogen (secondary N) is 1. The second-order valence-corrected chi connectivity index (χ2v) is 5.52. The molecule has 0 aliphatic rings. The van der Waals surface area contributed by atoms with Gasteiger partial charge in [0.15, 0.2) is 6.04 Å². The zero-order valence-corrected chi connectivity index (χ0v) is 13.0. The average molecular weight is 308 g/mol. The minimum absolute atomic E-state index is 0.158. The third-order valence-electron chi connectivity index (χ3n) is 3.28. The summed E-state index contributed by atoms with van der Waals surface area (Å²) in [6.07, 6.45) is 0.788. The Balaban J connectivity index is 2.77. The third kappa shape index (κ3) is 5.73. The van der Waals surface area contributed by atoms with Gasteiger partial charge in [-0.15, -0.1) is 0 Å². The molecule has 6 nitrogen and oxygen atoms in total. The Bertz CT molecular complexity index is 476. The van der Waals surface area contributed by atoms with Gasteiger partial charge in [-0.25, -0.2) is 9.59 Å². The number of hydrogen-bond acceptors (Lipinski definition) is 3. The molecule has 0 heterocycles. The molecule has 0 saturated carbocycles. The van der Waals surface area contributed by atoms with Crippen LogP contribution in [0.15, 0.2) is 30.3 Å². The lowest BCUT2D eigenvalue weighted by Gasteiger charge is -2.25. The third-order valence-corrected chi connectivity index (χ3v) is 3.28. The molecule has 0 aliphatic carbocycles. The number of hydrogen-bond donors (Lipinski definition) is 3. The molecule has 1 rings (SSSR count). The van der Waals surface area contributed by atoms with E-state index in [-0.39, 0.29) is 13.2 Å². The van der Waals surface area contributed by atoms with Crippen LogP contribution < -0.4 is 5.32 Å². The Morgan fingerprint density at radius 3 is 2.32 bits per heavy atom. The summed E-state index contributed by atoms with van der Waals surface area (Å²) in [5, 5.41) is 20.9. The van der Waals surface area contributed by atoms with Crippen molar-refractivity contribution in [2.45, 2.75) is 26.3 Å². The van der Waals surface area contributed by atoms with Crippen LogP contribution in [0.2, 0.25) is 0 Å². The second kappa shape index (κ2) is 9.04. The number of aliphatic hydroxyl groups is 1. The summed E-state index contributed by atoms with van der Waals surface area (Å²) < 4.78 is 0. The summed E-state index contributed by atoms with van der Waals surface area (Å²) in [5.74, 6) is -0.703. The van der Waals surface area contributed by atoms with E-state index in [1.165, 1.54) is 4.90 Å². The maximum Gasteiger partial charge on any atom is 0.330 e. The van der Waals surface area contributed by atoms with Crippen LogP contribution in [0.3, 0.4) is 0 Å². The number of carbonyl (C=O) groups excluding carboxylic acids is 1. The fourth-order valence-electron chi connectivity index (χ4n) is 2.00. The molecule has 22 heavy (non-hydrogen) atoms. The first-order valence-corrected chi connectivity index (χ1v) is 7.39. The van der Waals surface area contributed by atoms with Crippen molar-refractivity contribution in [1.82, 2.24) is 10.2 Å². The second-order valence-electron chi connectivity index (χ2n) is 5.52. The molecule has 1 aromatic carbocycles. The topological polar surface area (TPSA) is 89.9 Å². The van der Waals surface area contributed by atoms with Crippen LogP contribution in [-0.2, 0) is 4.79 Å². The number of nitrogens with zero attached hydrogens (tertiary/aromatic N) is 1. The van der Waals surface area contributed by atoms with Gasteiger partial charge < -0.3 is 20.4 Å². The van der Waals surface area contributed by atoms with Gasteiger partial charge in [-0.2, -0.15) is 0 Å². The lowest BCUT2D eigenvalue weighted by atomic mass is 10.1. The number of benzene rings is 1. The fourth-order valence-corrected chi connectivity index (χ4v) is 2.00. The lowest BCUT2D eigenvalue weighted by Crippen LogP contribution is -2.45. The highest BCUT2D eigenvalue weighted by Gasteiger charge is 2.24. The van der Waals surface area contributed by atoms with Gasteiger partial charge in [0.25, 0.3) is 0 Å². The SMILES string of the molecule is CC(C)CCN(CCO)C(=O)NC(C(=O)O)c1ccccc1. The maximum absolute atomic E-state index is 12.3. The van der Waals surface area contributed by atoms with E-state index in [0.29, 0.717) is 18.0 Å². The number of aliphatic hydroxyl groups excluding tert-OH is 1. The molecule has 0 bridgehead atoms. The Morgan fingerprint density at radius 2 is 1.82 bits per heavy atom. The number of aliphatic carboxylic acids is 1. The van der Waals surface area contributed by atoms with Gasteiger partial charge in [-0.05, 0) is 17.9 Å². The number of amides is 2. The van der Waals surface area contributed by atoms with Crippen molar-refractivity contribution in [2.24, 2.45) is 5.92 Å². The molecule has 3 N–H and O–H groups in total. The van der Waals surface area contributed by atoms with Gasteiger partial charge in [-0.3, -0.25) is 0 Å². The lowest BCUT2D eigenvalue weighted by molar-refractivity contribution is -0.139. The van der Waals surface area contributed by atoms with Crippen molar-refractivity contribution in [2.75, 3.05) is 19.7 Å². The summed E-state index contributed by atoms with van der Waals surface area (Å²) in [4.78, 5) is 25.1. The zero-order valence-electron chi connectivity index (χ0n) is 13.0. The zero-order chi connectivity index (χ0) is 16.5. The first kappa shape index (κ1) is 18.0. The van der Waals surface area contributed by atoms with Gasteiger partial charge in [-0.1, -0.05) is 44.2 Å². The number of carboxylic acids is 1. The van der Waals surface area contributed by atoms with Crippen LogP contribution in [0.5, 0.6) is 0 Å². The maximum atomic E-state index is 12.3. The number of carbonyl (C=O) groups is 2. The van der Waals surface area contributed by atoms with Crippen molar-refractivity contribution in [3.63, 3.8) is 0 Å². The van der Waals surface area contributed by atoms with E-state index in [4.69, 9.17) is 5.11 Å². The van der Waals surface area contributed by atoms with E-state index in [2.05, 4.69) is 5.32 Å². The smallest absolute Gasteiger partial charge is 0.330 e. The Labute approximate surface area is 130 Å². The molecule has 1 aromatic rings. The van der Waals surface area contributed by atoms with Gasteiger partial charge in [0.05, 0.1) is 6.61 Å². The molecule has 1 unspecified atom stereocenters. The van der Waals surface area contributed by atoms with Crippen molar-refractivity contribution >= 4 is 12.0 Å². The van der Waals surface area contributed by atoms with Crippen LogP contribution in [0.25, 0.3) is 0 Å². The molecular weight excluding hydrogens is 284 g/mol. The highest BCUT2D eigenvalue weighted by atomic mass is 16.4. The van der Waals surface area contributed by atoms with Gasteiger partial charge in [0.1, 0.15) is 0 Å². The molecule has 2 amide bonds. The highest BCUT2D eigenvalue weighted by Crippen LogP contribution is 2.13. The standard InChI is InChI=1S/C16H24N2O4/c1-12(2)8-9-18(10-11-19)16(22)17-14(15(20)21)13-6-4-3-5-7-13/h3-7,12,14,19H,8-11H2,1-2H3,(H,17,22)(H,20,21). The molecule has 0 aliphatic heterocycles. The van der Waals surface area contributed by atoms with Crippen LogP contribution >= 0.6 is 0 Å². The van der Waals surface area contributed by atoms with E-state index in [0.717, 1.165) is 6.42 Å². The van der Waals surface area contributed by atoms with Gasteiger partial charge in [0.2, 0.25) is 0 Å². The minimum atomic E-state index is -1.12. The van der Waals surface area contributed by atoms with Crippen molar-refractivity contribution in [3.05, 3.63) is 35.9 Å². The summed E-state index contributed by atoms with van der Waals surface area (Å²) in [6, 6.07) is 6.96. The average Bonchev–Trinajstić information content (AvgIpc) is 2.49. The molecule has 122 valence electrons. The number of carboxylic acid groups (broad SMARTS) is 1. The first-order valence-electron chi connectivity index (χ1n) is 7.39. The summed E-state index contributed by atoms with van der Waals surface area (Å²) in [5.41, 5.74) is 0.510. The van der Waals surface area contributed by atoms with E-state index >= 15 is 0 Å². The Morgan fingerprint density at radius 1 is 1.18 bits per heavy atom. The van der Waals surface area contributed by atoms with Crippen molar-refractivity contribution in [3.8, 4) is 0 Å². The summed E-state index contributed by atoms with van der Waals surface area (Å²) in [6.45, 7) is 4.58. The Kier molecular flexibility index (Phi) is 7.39. The molecule has 0 spiro atoms. The molecule has 0 fully saturated rings. The summed E-state index contributed by atoms with van der Waals surface area (Å²) in [7, 11) is 0. The van der Waals surface area contributed by atoms with Crippen molar-refractivity contribution in [1.29, 1.82) is 0 Å². The predicted molar refractivity (Wildman–Crippen MR) is 83.5 cm³/mol. The Hall–Kier alpha value is -2.08. The van der Waals surface area contributed by atoms with Crippen LogP contribution in [0.4, 0.5) is 4.79 Å².